The van der Waals surface area contributed by atoms with Crippen molar-refractivity contribution in [3.8, 4) is 5.75 Å². The lowest BCUT2D eigenvalue weighted by Gasteiger charge is -2.38. The molecule has 0 amide bonds. The summed E-state index contributed by atoms with van der Waals surface area (Å²) in [6, 6.07) is 4.86. The molecular weight excluding hydrogens is 317 g/mol. The van der Waals surface area contributed by atoms with Crippen molar-refractivity contribution in [3.63, 3.8) is 0 Å². The molecule has 2 aliphatic rings. The van der Waals surface area contributed by atoms with E-state index in [1.807, 2.05) is 6.07 Å². The van der Waals surface area contributed by atoms with E-state index in [0.717, 1.165) is 30.4 Å². The van der Waals surface area contributed by atoms with Crippen LogP contribution in [0.2, 0.25) is 0 Å². The molecule has 0 aromatic heterocycles. The summed E-state index contributed by atoms with van der Waals surface area (Å²) >= 11 is 0. The zero-order chi connectivity index (χ0) is 18.1. The second-order valence-electron chi connectivity index (χ2n) is 8.50. The first-order chi connectivity index (χ1) is 11.8. The maximum atomic E-state index is 14.2. The fraction of sp³-hybridized carbons (Fsp3) is 0.667. The molecule has 1 aromatic rings. The first-order valence-corrected chi connectivity index (χ1v) is 9.50. The van der Waals surface area contributed by atoms with E-state index in [1.54, 1.807) is 19.9 Å². The van der Waals surface area contributed by atoms with Crippen LogP contribution in [-0.2, 0) is 4.79 Å². The van der Waals surface area contributed by atoms with Gasteiger partial charge in [0.05, 0.1) is 5.92 Å². The van der Waals surface area contributed by atoms with E-state index in [4.69, 9.17) is 4.74 Å². The smallest absolute Gasteiger partial charge is 0.313 e. The minimum atomic E-state index is -0.315. The van der Waals surface area contributed by atoms with Crippen molar-refractivity contribution in [1.82, 2.24) is 4.90 Å². The van der Waals surface area contributed by atoms with Crippen LogP contribution in [0.5, 0.6) is 5.75 Å². The molecule has 0 radical (unpaired) electrons. The molecule has 4 heteroatoms. The van der Waals surface area contributed by atoms with Gasteiger partial charge in [0, 0.05) is 12.6 Å². The lowest BCUT2D eigenvalue weighted by atomic mass is 9.69. The standard InChI is InChI=1S/C21H30FNO2/c1-13(2)21(24)25-18-10-16(9-17(22)11-18)19-8-14-5-6-15(7-14)20(19)12-23(3)4/h9-11,13-15,19-20H,5-8,12H2,1-4H3. The van der Waals surface area contributed by atoms with E-state index in [-0.39, 0.29) is 17.7 Å². The Kier molecular flexibility index (Phi) is 5.47. The molecule has 4 unspecified atom stereocenters. The number of carbonyl (C=O) groups is 1. The highest BCUT2D eigenvalue weighted by atomic mass is 19.1. The predicted molar refractivity (Wildman–Crippen MR) is 97.1 cm³/mol. The second-order valence-corrected chi connectivity index (χ2v) is 8.50. The molecule has 1 aromatic carbocycles. The molecule has 3 rings (SSSR count). The topological polar surface area (TPSA) is 29.5 Å². The molecule has 3 nitrogen and oxygen atoms in total. The van der Waals surface area contributed by atoms with Crippen LogP contribution < -0.4 is 4.74 Å². The Morgan fingerprint density at radius 3 is 2.68 bits per heavy atom. The number of carbonyl (C=O) groups excluding carboxylic acids is 1. The average Bonchev–Trinajstić information content (AvgIpc) is 2.91. The number of rotatable bonds is 5. The van der Waals surface area contributed by atoms with Crippen molar-refractivity contribution < 1.29 is 13.9 Å². The van der Waals surface area contributed by atoms with Gasteiger partial charge < -0.3 is 9.64 Å². The Morgan fingerprint density at radius 2 is 2.00 bits per heavy atom. The van der Waals surface area contributed by atoms with E-state index >= 15 is 0 Å². The number of hydrogen-bond donors (Lipinski definition) is 0. The van der Waals surface area contributed by atoms with Gasteiger partial charge in [0.2, 0.25) is 0 Å². The van der Waals surface area contributed by atoms with Crippen LogP contribution in [0.4, 0.5) is 4.39 Å². The lowest BCUT2D eigenvalue weighted by molar-refractivity contribution is -0.137. The number of hydrogen-bond acceptors (Lipinski definition) is 3. The van der Waals surface area contributed by atoms with Crippen LogP contribution in [-0.4, -0.2) is 31.5 Å². The summed E-state index contributed by atoms with van der Waals surface area (Å²) in [4.78, 5) is 14.1. The Hall–Kier alpha value is -1.42. The molecule has 2 saturated carbocycles. The Balaban J connectivity index is 1.88. The number of halogens is 1. The highest BCUT2D eigenvalue weighted by molar-refractivity contribution is 5.74. The maximum Gasteiger partial charge on any atom is 0.313 e. The highest BCUT2D eigenvalue weighted by Gasteiger charge is 2.42. The summed E-state index contributed by atoms with van der Waals surface area (Å²) in [7, 11) is 4.22. The van der Waals surface area contributed by atoms with Crippen LogP contribution in [0.15, 0.2) is 18.2 Å². The third kappa shape index (κ3) is 4.22. The fourth-order valence-corrected chi connectivity index (χ4v) is 4.75. The quantitative estimate of drug-likeness (QED) is 0.581. The Bertz CT molecular complexity index is 628. The van der Waals surface area contributed by atoms with Gasteiger partial charge in [0.15, 0.2) is 0 Å². The van der Waals surface area contributed by atoms with Gasteiger partial charge >= 0.3 is 5.97 Å². The van der Waals surface area contributed by atoms with Crippen molar-refractivity contribution in [3.05, 3.63) is 29.6 Å². The third-order valence-corrected chi connectivity index (χ3v) is 5.88. The zero-order valence-electron chi connectivity index (χ0n) is 15.8. The lowest BCUT2D eigenvalue weighted by Crippen LogP contribution is -2.34. The largest absolute Gasteiger partial charge is 0.426 e. The van der Waals surface area contributed by atoms with E-state index in [0.29, 0.717) is 17.6 Å². The van der Waals surface area contributed by atoms with Gasteiger partial charge in [-0.15, -0.1) is 0 Å². The fourth-order valence-electron chi connectivity index (χ4n) is 4.75. The SMILES string of the molecule is CC(C)C(=O)Oc1cc(F)cc(C2CC3CCC(C3)C2CN(C)C)c1. The average molecular weight is 347 g/mol. The molecule has 25 heavy (non-hydrogen) atoms. The zero-order valence-corrected chi connectivity index (χ0v) is 15.8. The third-order valence-electron chi connectivity index (χ3n) is 5.88. The summed E-state index contributed by atoms with van der Waals surface area (Å²) in [5, 5.41) is 0. The monoisotopic (exact) mass is 347 g/mol. The Morgan fingerprint density at radius 1 is 1.24 bits per heavy atom. The van der Waals surface area contributed by atoms with E-state index < -0.39 is 0 Å². The van der Waals surface area contributed by atoms with Gasteiger partial charge in [-0.25, -0.2) is 4.39 Å². The van der Waals surface area contributed by atoms with Crippen LogP contribution in [0.25, 0.3) is 0 Å². The van der Waals surface area contributed by atoms with Gasteiger partial charge in [0.25, 0.3) is 0 Å². The van der Waals surface area contributed by atoms with Crippen molar-refractivity contribution >= 4 is 5.97 Å². The summed E-state index contributed by atoms with van der Waals surface area (Å²) in [5.41, 5.74) is 0.995. The van der Waals surface area contributed by atoms with Gasteiger partial charge in [0.1, 0.15) is 11.6 Å². The minimum absolute atomic E-state index is 0.223. The Labute approximate surface area is 150 Å². The second kappa shape index (κ2) is 7.45. The van der Waals surface area contributed by atoms with Crippen molar-refractivity contribution in [1.29, 1.82) is 0 Å². The molecule has 138 valence electrons. The van der Waals surface area contributed by atoms with Crippen LogP contribution >= 0.6 is 0 Å². The minimum Gasteiger partial charge on any atom is -0.426 e. The van der Waals surface area contributed by atoms with Gasteiger partial charge in [-0.3, -0.25) is 4.79 Å². The van der Waals surface area contributed by atoms with Crippen molar-refractivity contribution in [2.75, 3.05) is 20.6 Å². The molecule has 0 N–H and O–H groups in total. The maximum absolute atomic E-state index is 14.2. The summed E-state index contributed by atoms with van der Waals surface area (Å²) in [6.45, 7) is 4.60. The molecule has 2 aliphatic carbocycles. The van der Waals surface area contributed by atoms with Gasteiger partial charge in [-0.1, -0.05) is 20.3 Å². The van der Waals surface area contributed by atoms with Gasteiger partial charge in [-0.05, 0) is 74.7 Å². The molecule has 0 aliphatic heterocycles. The van der Waals surface area contributed by atoms with Crippen LogP contribution in [0, 0.1) is 29.5 Å². The molecule has 4 atom stereocenters. The first-order valence-electron chi connectivity index (χ1n) is 9.50. The summed E-state index contributed by atoms with van der Waals surface area (Å²) in [6.07, 6.45) is 5.04. The number of nitrogens with zero attached hydrogens (tertiary/aromatic N) is 1. The molecule has 0 spiro atoms. The number of esters is 1. The van der Waals surface area contributed by atoms with Crippen molar-refractivity contribution in [2.24, 2.45) is 23.7 Å². The number of benzene rings is 1. The summed E-state index contributed by atoms with van der Waals surface area (Å²) in [5.74, 6) is 1.88. The van der Waals surface area contributed by atoms with E-state index in [1.165, 1.54) is 25.3 Å². The normalized spacial score (nSPS) is 28.6. The molecular formula is C21H30FNO2. The predicted octanol–water partition coefficient (Wildman–Crippen LogP) is 4.47. The molecule has 0 saturated heterocycles. The first kappa shape index (κ1) is 18.4. The van der Waals surface area contributed by atoms with E-state index in [2.05, 4.69) is 19.0 Å². The van der Waals surface area contributed by atoms with Crippen LogP contribution in [0.3, 0.4) is 0 Å². The number of fused-ring (bicyclic) bond motifs is 2. The van der Waals surface area contributed by atoms with E-state index in [9.17, 15) is 9.18 Å². The molecule has 0 heterocycles. The summed E-state index contributed by atoms with van der Waals surface area (Å²) < 4.78 is 19.6. The highest BCUT2D eigenvalue weighted by Crippen LogP contribution is 2.52. The molecule has 2 bridgehead atoms. The number of ether oxygens (including phenoxy) is 1. The van der Waals surface area contributed by atoms with Crippen molar-refractivity contribution in [2.45, 2.75) is 45.4 Å². The van der Waals surface area contributed by atoms with Gasteiger partial charge in [-0.2, -0.15) is 0 Å². The van der Waals surface area contributed by atoms with Crippen LogP contribution in [0.1, 0.15) is 51.0 Å². The molecule has 2 fully saturated rings.